The predicted octanol–water partition coefficient (Wildman–Crippen LogP) is 1.71. The largest absolute Gasteiger partial charge is 0.487 e. The summed E-state index contributed by atoms with van der Waals surface area (Å²) in [4.78, 5) is 11.6. The monoisotopic (exact) mass is 229 g/mol. The van der Waals surface area contributed by atoms with Crippen LogP contribution >= 0.6 is 0 Å². The average molecular weight is 229 g/mol. The standard InChI is InChI=1S/C10H9F2NO3/c11-6-1-7(12)3-8(2-6)16-9-4-13(5-9)10(14)15/h1-3,9H,4-5H2,(H,14,15). The molecule has 1 saturated heterocycles. The predicted molar refractivity (Wildman–Crippen MR) is 50.4 cm³/mol. The third kappa shape index (κ3) is 2.21. The average Bonchev–Trinajstić information content (AvgIpc) is 2.08. The number of rotatable bonds is 2. The Morgan fingerprint density at radius 1 is 1.31 bits per heavy atom. The Bertz CT molecular complexity index is 398. The first-order valence-electron chi connectivity index (χ1n) is 4.65. The highest BCUT2D eigenvalue weighted by Crippen LogP contribution is 2.20. The topological polar surface area (TPSA) is 49.8 Å². The molecule has 0 atom stereocenters. The van der Waals surface area contributed by atoms with Crippen molar-refractivity contribution in [2.24, 2.45) is 0 Å². The summed E-state index contributed by atoms with van der Waals surface area (Å²) in [5, 5.41) is 8.56. The van der Waals surface area contributed by atoms with Crippen molar-refractivity contribution in [1.82, 2.24) is 4.90 Å². The van der Waals surface area contributed by atoms with Crippen molar-refractivity contribution < 1.29 is 23.4 Å². The summed E-state index contributed by atoms with van der Waals surface area (Å²) in [6.45, 7) is 0.431. The Hall–Kier alpha value is -1.85. The van der Waals surface area contributed by atoms with Gasteiger partial charge in [-0.05, 0) is 0 Å². The highest BCUT2D eigenvalue weighted by atomic mass is 19.1. The van der Waals surface area contributed by atoms with Crippen LogP contribution in [0.2, 0.25) is 0 Å². The quantitative estimate of drug-likeness (QED) is 0.839. The number of likely N-dealkylation sites (tertiary alicyclic amines) is 1. The molecule has 0 unspecified atom stereocenters. The van der Waals surface area contributed by atoms with E-state index in [4.69, 9.17) is 9.84 Å². The molecule has 86 valence electrons. The van der Waals surface area contributed by atoms with Gasteiger partial charge in [-0.3, -0.25) is 0 Å². The minimum Gasteiger partial charge on any atom is -0.487 e. The number of hydrogen-bond donors (Lipinski definition) is 1. The van der Waals surface area contributed by atoms with Crippen molar-refractivity contribution in [3.8, 4) is 5.75 Å². The summed E-state index contributed by atoms with van der Waals surface area (Å²) in [6, 6.07) is 2.87. The molecule has 0 bridgehead atoms. The minimum absolute atomic E-state index is 0.0764. The van der Waals surface area contributed by atoms with Crippen LogP contribution in [-0.4, -0.2) is 35.3 Å². The van der Waals surface area contributed by atoms with Crippen molar-refractivity contribution >= 4 is 6.09 Å². The van der Waals surface area contributed by atoms with Crippen LogP contribution in [0.5, 0.6) is 5.75 Å². The third-order valence-electron chi connectivity index (χ3n) is 2.26. The number of hydrogen-bond acceptors (Lipinski definition) is 2. The first-order valence-corrected chi connectivity index (χ1v) is 4.65. The van der Waals surface area contributed by atoms with Gasteiger partial charge >= 0.3 is 6.09 Å². The second kappa shape index (κ2) is 3.96. The molecule has 1 N–H and O–H groups in total. The van der Waals surface area contributed by atoms with E-state index in [2.05, 4.69) is 0 Å². The van der Waals surface area contributed by atoms with Gasteiger partial charge in [-0.25, -0.2) is 13.6 Å². The van der Waals surface area contributed by atoms with Crippen LogP contribution in [0.15, 0.2) is 18.2 Å². The van der Waals surface area contributed by atoms with Gasteiger partial charge in [0.05, 0.1) is 13.1 Å². The molecule has 0 saturated carbocycles. The maximum Gasteiger partial charge on any atom is 0.407 e. The van der Waals surface area contributed by atoms with E-state index in [9.17, 15) is 13.6 Å². The van der Waals surface area contributed by atoms with Crippen molar-refractivity contribution in [2.75, 3.05) is 13.1 Å². The number of halogens is 2. The third-order valence-corrected chi connectivity index (χ3v) is 2.26. The van der Waals surface area contributed by atoms with Crippen LogP contribution in [-0.2, 0) is 0 Å². The van der Waals surface area contributed by atoms with Gasteiger partial charge < -0.3 is 14.7 Å². The van der Waals surface area contributed by atoms with Crippen LogP contribution in [0, 0.1) is 11.6 Å². The van der Waals surface area contributed by atoms with Gasteiger partial charge in [0, 0.05) is 18.2 Å². The summed E-state index contributed by atoms with van der Waals surface area (Å²) in [5.74, 6) is -1.36. The molecule has 4 nitrogen and oxygen atoms in total. The molecule has 16 heavy (non-hydrogen) atoms. The molecule has 2 rings (SSSR count). The van der Waals surface area contributed by atoms with Crippen molar-refractivity contribution in [3.05, 3.63) is 29.8 Å². The molecule has 1 fully saturated rings. The highest BCUT2D eigenvalue weighted by Gasteiger charge is 2.32. The molecular formula is C10H9F2NO3. The molecule has 0 aliphatic carbocycles. The fourth-order valence-electron chi connectivity index (χ4n) is 1.46. The van der Waals surface area contributed by atoms with Gasteiger partial charge in [0.1, 0.15) is 23.5 Å². The lowest BCUT2D eigenvalue weighted by Gasteiger charge is -2.36. The van der Waals surface area contributed by atoms with E-state index < -0.39 is 17.7 Å². The fourth-order valence-corrected chi connectivity index (χ4v) is 1.46. The van der Waals surface area contributed by atoms with E-state index in [0.717, 1.165) is 23.1 Å². The van der Waals surface area contributed by atoms with Crippen molar-refractivity contribution in [2.45, 2.75) is 6.10 Å². The number of benzene rings is 1. The number of amides is 1. The summed E-state index contributed by atoms with van der Waals surface area (Å²) >= 11 is 0. The van der Waals surface area contributed by atoms with Gasteiger partial charge in [0.2, 0.25) is 0 Å². The van der Waals surface area contributed by atoms with Crippen molar-refractivity contribution in [3.63, 3.8) is 0 Å². The first kappa shape index (κ1) is 10.7. The first-order chi connectivity index (χ1) is 7.54. The Morgan fingerprint density at radius 2 is 1.88 bits per heavy atom. The van der Waals surface area contributed by atoms with Gasteiger partial charge in [-0.1, -0.05) is 0 Å². The maximum absolute atomic E-state index is 12.8. The number of nitrogens with zero attached hydrogens (tertiary/aromatic N) is 1. The molecule has 6 heteroatoms. The van der Waals surface area contributed by atoms with Gasteiger partial charge in [-0.15, -0.1) is 0 Å². The molecule has 1 aromatic rings. The molecular weight excluding hydrogens is 220 g/mol. The van der Waals surface area contributed by atoms with Crippen LogP contribution < -0.4 is 4.74 Å². The van der Waals surface area contributed by atoms with E-state index in [1.54, 1.807) is 0 Å². The summed E-state index contributed by atoms with van der Waals surface area (Å²) in [6.07, 6.45) is -1.36. The Balaban J connectivity index is 1.94. The molecule has 1 aromatic carbocycles. The van der Waals surface area contributed by atoms with Gasteiger partial charge in [-0.2, -0.15) is 0 Å². The van der Waals surface area contributed by atoms with Crippen LogP contribution in [0.25, 0.3) is 0 Å². The molecule has 0 spiro atoms. The van der Waals surface area contributed by atoms with Crippen LogP contribution in [0.4, 0.5) is 13.6 Å². The lowest BCUT2D eigenvalue weighted by molar-refractivity contribution is 0.0249. The summed E-state index contributed by atoms with van der Waals surface area (Å²) < 4.78 is 30.8. The zero-order valence-corrected chi connectivity index (χ0v) is 8.19. The summed E-state index contributed by atoms with van der Waals surface area (Å²) in [7, 11) is 0. The normalized spacial score (nSPS) is 15.8. The zero-order chi connectivity index (χ0) is 11.7. The number of ether oxygens (including phenoxy) is 1. The fraction of sp³-hybridized carbons (Fsp3) is 0.300. The Morgan fingerprint density at radius 3 is 2.38 bits per heavy atom. The Kier molecular flexibility index (Phi) is 2.64. The smallest absolute Gasteiger partial charge is 0.407 e. The van der Waals surface area contributed by atoms with Crippen LogP contribution in [0.1, 0.15) is 0 Å². The molecule has 0 aromatic heterocycles. The number of carbonyl (C=O) groups is 1. The van der Waals surface area contributed by atoms with E-state index in [0.29, 0.717) is 0 Å². The second-order valence-corrected chi connectivity index (χ2v) is 3.53. The van der Waals surface area contributed by atoms with Gasteiger partial charge in [0.15, 0.2) is 0 Å². The zero-order valence-electron chi connectivity index (χ0n) is 8.19. The van der Waals surface area contributed by atoms with Gasteiger partial charge in [0.25, 0.3) is 0 Å². The minimum atomic E-state index is -1.02. The van der Waals surface area contributed by atoms with Crippen molar-refractivity contribution in [1.29, 1.82) is 0 Å². The van der Waals surface area contributed by atoms with E-state index in [1.807, 2.05) is 0 Å². The molecule has 1 aliphatic rings. The maximum atomic E-state index is 12.8. The molecule has 0 radical (unpaired) electrons. The van der Waals surface area contributed by atoms with Crippen LogP contribution in [0.3, 0.4) is 0 Å². The molecule has 1 aliphatic heterocycles. The highest BCUT2D eigenvalue weighted by molar-refractivity contribution is 5.66. The number of carboxylic acid groups (broad SMARTS) is 1. The van der Waals surface area contributed by atoms with E-state index in [-0.39, 0.29) is 24.9 Å². The summed E-state index contributed by atoms with van der Waals surface area (Å²) in [5.41, 5.74) is 0. The SMILES string of the molecule is O=C(O)N1CC(Oc2cc(F)cc(F)c2)C1. The second-order valence-electron chi connectivity index (χ2n) is 3.53. The lowest BCUT2D eigenvalue weighted by Crippen LogP contribution is -2.55. The molecule has 1 amide bonds. The molecule has 1 heterocycles. The Labute approximate surface area is 90.0 Å². The van der Waals surface area contributed by atoms with E-state index >= 15 is 0 Å². The lowest BCUT2D eigenvalue weighted by atomic mass is 10.2. The van der Waals surface area contributed by atoms with E-state index in [1.165, 1.54) is 0 Å².